The van der Waals surface area contributed by atoms with Gasteiger partial charge in [0.25, 0.3) is 0 Å². The Balaban J connectivity index is 1.74. The number of nitrogens with one attached hydrogen (secondary N) is 1. The van der Waals surface area contributed by atoms with Crippen LogP contribution in [0.25, 0.3) is 0 Å². The fourth-order valence-corrected chi connectivity index (χ4v) is 3.46. The molecular weight excluding hydrogens is 252 g/mol. The number of aromatic nitrogens is 2. The highest BCUT2D eigenvalue weighted by Crippen LogP contribution is 2.34. The van der Waals surface area contributed by atoms with Crippen molar-refractivity contribution in [1.29, 1.82) is 0 Å². The molecule has 0 aromatic carbocycles. The van der Waals surface area contributed by atoms with E-state index in [2.05, 4.69) is 29.2 Å². The lowest BCUT2D eigenvalue weighted by Gasteiger charge is -2.25. The standard InChI is InChI=1S/C15H24N4O/c1-15(2)4-5-19(10-15)14(20)13-8-16-7-12(13)11-6-17-18(3)9-11/h6,9,12-13,16H,4-5,7-8,10H2,1-3H3/t12-,13+/m1/s1. The van der Waals surface area contributed by atoms with E-state index < -0.39 is 0 Å². The van der Waals surface area contributed by atoms with Crippen LogP contribution in [-0.2, 0) is 11.8 Å². The first-order valence-corrected chi connectivity index (χ1v) is 7.44. The second-order valence-electron chi connectivity index (χ2n) is 6.99. The number of nitrogens with zero attached hydrogens (tertiary/aromatic N) is 3. The highest BCUT2D eigenvalue weighted by molar-refractivity contribution is 5.81. The molecule has 2 fully saturated rings. The topological polar surface area (TPSA) is 50.2 Å². The van der Waals surface area contributed by atoms with Crippen molar-refractivity contribution >= 4 is 5.91 Å². The Morgan fingerprint density at radius 1 is 1.45 bits per heavy atom. The maximum Gasteiger partial charge on any atom is 0.227 e. The number of carbonyl (C=O) groups is 1. The maximum atomic E-state index is 12.8. The zero-order valence-electron chi connectivity index (χ0n) is 12.6. The summed E-state index contributed by atoms with van der Waals surface area (Å²) in [5, 5.41) is 7.61. The van der Waals surface area contributed by atoms with Crippen LogP contribution in [0.4, 0.5) is 0 Å². The van der Waals surface area contributed by atoms with Gasteiger partial charge in [0.15, 0.2) is 0 Å². The van der Waals surface area contributed by atoms with E-state index in [1.54, 1.807) is 0 Å². The van der Waals surface area contributed by atoms with Gasteiger partial charge in [-0.25, -0.2) is 0 Å². The van der Waals surface area contributed by atoms with Gasteiger partial charge in [0.1, 0.15) is 0 Å². The molecule has 0 radical (unpaired) electrons. The van der Waals surface area contributed by atoms with Crippen LogP contribution in [0.5, 0.6) is 0 Å². The van der Waals surface area contributed by atoms with Crippen LogP contribution in [0.1, 0.15) is 31.7 Å². The van der Waals surface area contributed by atoms with Gasteiger partial charge < -0.3 is 10.2 Å². The van der Waals surface area contributed by atoms with Crippen molar-refractivity contribution in [3.63, 3.8) is 0 Å². The molecule has 2 aliphatic rings. The maximum absolute atomic E-state index is 12.8. The summed E-state index contributed by atoms with van der Waals surface area (Å²) < 4.78 is 1.81. The SMILES string of the molecule is Cn1cc([C@H]2CNC[C@@H]2C(=O)N2CCC(C)(C)C2)cn1. The summed E-state index contributed by atoms with van der Waals surface area (Å²) in [7, 11) is 1.92. The third kappa shape index (κ3) is 2.46. The third-order valence-corrected chi connectivity index (χ3v) is 4.67. The van der Waals surface area contributed by atoms with E-state index in [1.165, 1.54) is 5.56 Å². The van der Waals surface area contributed by atoms with E-state index >= 15 is 0 Å². The van der Waals surface area contributed by atoms with Crippen molar-refractivity contribution in [3.05, 3.63) is 18.0 Å². The molecule has 0 spiro atoms. The van der Waals surface area contributed by atoms with Gasteiger partial charge >= 0.3 is 0 Å². The van der Waals surface area contributed by atoms with Crippen LogP contribution >= 0.6 is 0 Å². The molecule has 20 heavy (non-hydrogen) atoms. The predicted octanol–water partition coefficient (Wildman–Crippen LogP) is 0.982. The van der Waals surface area contributed by atoms with Gasteiger partial charge in [0.05, 0.1) is 12.1 Å². The molecule has 1 N–H and O–H groups in total. The Kier molecular flexibility index (Phi) is 3.32. The molecule has 5 nitrogen and oxygen atoms in total. The summed E-state index contributed by atoms with van der Waals surface area (Å²) >= 11 is 0. The minimum Gasteiger partial charge on any atom is -0.342 e. The van der Waals surface area contributed by atoms with Crippen molar-refractivity contribution < 1.29 is 4.79 Å². The van der Waals surface area contributed by atoms with Crippen molar-refractivity contribution in [2.45, 2.75) is 26.2 Å². The number of aryl methyl sites for hydroxylation is 1. The van der Waals surface area contributed by atoms with Crippen LogP contribution in [0.3, 0.4) is 0 Å². The zero-order valence-corrected chi connectivity index (χ0v) is 12.6. The average molecular weight is 276 g/mol. The first-order chi connectivity index (χ1) is 9.46. The molecule has 0 bridgehead atoms. The molecule has 3 heterocycles. The van der Waals surface area contributed by atoms with E-state index in [0.717, 1.165) is 32.6 Å². The fourth-order valence-electron chi connectivity index (χ4n) is 3.46. The lowest BCUT2D eigenvalue weighted by Crippen LogP contribution is -2.38. The molecule has 0 unspecified atom stereocenters. The number of rotatable bonds is 2. The highest BCUT2D eigenvalue weighted by atomic mass is 16.2. The normalized spacial score (nSPS) is 29.1. The van der Waals surface area contributed by atoms with Crippen molar-refractivity contribution in [2.75, 3.05) is 26.2 Å². The van der Waals surface area contributed by atoms with Gasteiger partial charge in [-0.2, -0.15) is 5.10 Å². The molecule has 1 amide bonds. The van der Waals surface area contributed by atoms with Gasteiger partial charge in [-0.15, -0.1) is 0 Å². The van der Waals surface area contributed by atoms with E-state index in [-0.39, 0.29) is 17.3 Å². The van der Waals surface area contributed by atoms with Gasteiger partial charge in [-0.1, -0.05) is 13.8 Å². The Labute approximate surface area is 120 Å². The second-order valence-corrected chi connectivity index (χ2v) is 6.99. The van der Waals surface area contributed by atoms with E-state index in [0.29, 0.717) is 5.91 Å². The van der Waals surface area contributed by atoms with Gasteiger partial charge in [0.2, 0.25) is 5.91 Å². The molecule has 1 aromatic heterocycles. The molecular formula is C15H24N4O. The zero-order chi connectivity index (χ0) is 14.3. The van der Waals surface area contributed by atoms with Crippen LogP contribution < -0.4 is 5.32 Å². The summed E-state index contributed by atoms with van der Waals surface area (Å²) in [4.78, 5) is 14.8. The van der Waals surface area contributed by atoms with Crippen molar-refractivity contribution in [2.24, 2.45) is 18.4 Å². The average Bonchev–Trinajstić information content (AvgIpc) is 3.07. The minimum absolute atomic E-state index is 0.0631. The monoisotopic (exact) mass is 276 g/mol. The number of hydrogen-bond donors (Lipinski definition) is 1. The summed E-state index contributed by atoms with van der Waals surface area (Å²) in [6, 6.07) is 0. The molecule has 2 atom stereocenters. The van der Waals surface area contributed by atoms with E-state index in [1.807, 2.05) is 24.1 Å². The van der Waals surface area contributed by atoms with Crippen LogP contribution in [0, 0.1) is 11.3 Å². The molecule has 110 valence electrons. The minimum atomic E-state index is 0.0631. The van der Waals surface area contributed by atoms with Crippen molar-refractivity contribution in [3.8, 4) is 0 Å². The van der Waals surface area contributed by atoms with Crippen LogP contribution in [0.15, 0.2) is 12.4 Å². The molecule has 0 aliphatic carbocycles. The molecule has 1 aromatic rings. The number of carbonyl (C=O) groups excluding carboxylic acids is 1. The molecule has 5 heteroatoms. The Hall–Kier alpha value is -1.36. The number of amides is 1. The lowest BCUT2D eigenvalue weighted by molar-refractivity contribution is -0.134. The van der Waals surface area contributed by atoms with E-state index in [4.69, 9.17) is 0 Å². The number of likely N-dealkylation sites (tertiary alicyclic amines) is 1. The summed E-state index contributed by atoms with van der Waals surface area (Å²) in [6.07, 6.45) is 5.04. The largest absolute Gasteiger partial charge is 0.342 e. The summed E-state index contributed by atoms with van der Waals surface area (Å²) in [5.41, 5.74) is 1.44. The highest BCUT2D eigenvalue weighted by Gasteiger charge is 2.40. The molecule has 2 aliphatic heterocycles. The fraction of sp³-hybridized carbons (Fsp3) is 0.733. The Bertz CT molecular complexity index is 508. The Morgan fingerprint density at radius 2 is 2.25 bits per heavy atom. The van der Waals surface area contributed by atoms with E-state index in [9.17, 15) is 4.79 Å². The van der Waals surface area contributed by atoms with Crippen molar-refractivity contribution in [1.82, 2.24) is 20.0 Å². The molecule has 2 saturated heterocycles. The quantitative estimate of drug-likeness (QED) is 0.876. The lowest BCUT2D eigenvalue weighted by atomic mass is 9.89. The Morgan fingerprint density at radius 3 is 2.85 bits per heavy atom. The van der Waals surface area contributed by atoms with Crippen LogP contribution in [0.2, 0.25) is 0 Å². The molecule has 0 saturated carbocycles. The summed E-state index contributed by atoms with van der Waals surface area (Å²) in [5.74, 6) is 0.641. The first-order valence-electron chi connectivity index (χ1n) is 7.44. The van der Waals surface area contributed by atoms with Gasteiger partial charge in [-0.05, 0) is 17.4 Å². The summed E-state index contributed by atoms with van der Waals surface area (Å²) in [6.45, 7) is 7.94. The van der Waals surface area contributed by atoms with Gasteiger partial charge in [-0.3, -0.25) is 9.48 Å². The molecule has 3 rings (SSSR count). The predicted molar refractivity (Wildman–Crippen MR) is 77.3 cm³/mol. The first kappa shape index (κ1) is 13.6. The second kappa shape index (κ2) is 4.88. The van der Waals surface area contributed by atoms with Gasteiger partial charge in [0, 0.05) is 45.3 Å². The third-order valence-electron chi connectivity index (χ3n) is 4.67. The number of hydrogen-bond acceptors (Lipinski definition) is 3. The smallest absolute Gasteiger partial charge is 0.227 e. The van der Waals surface area contributed by atoms with Crippen LogP contribution in [-0.4, -0.2) is 46.8 Å².